The molecule has 0 saturated carbocycles. The zero-order valence-electron chi connectivity index (χ0n) is 14.2. The van der Waals surface area contributed by atoms with E-state index in [1.807, 2.05) is 41.2 Å². The molecule has 0 aliphatic carbocycles. The first-order chi connectivity index (χ1) is 10.9. The summed E-state index contributed by atoms with van der Waals surface area (Å²) in [5, 5.41) is 4.14. The van der Waals surface area contributed by atoms with Gasteiger partial charge < -0.3 is 14.0 Å². The highest BCUT2D eigenvalue weighted by Crippen LogP contribution is 2.36. The Balaban J connectivity index is 1.57. The van der Waals surface area contributed by atoms with Gasteiger partial charge in [0.2, 0.25) is 0 Å². The third-order valence-corrected chi connectivity index (χ3v) is 4.55. The Bertz CT molecular complexity index is 622. The van der Waals surface area contributed by atoms with Crippen LogP contribution in [0.2, 0.25) is 0 Å². The Morgan fingerprint density at radius 3 is 2.30 bits per heavy atom. The molecule has 5 nitrogen and oxygen atoms in total. The van der Waals surface area contributed by atoms with E-state index in [-0.39, 0.29) is 18.3 Å². The molecule has 0 unspecified atom stereocenters. The summed E-state index contributed by atoms with van der Waals surface area (Å²) in [4.78, 5) is 0. The van der Waals surface area contributed by atoms with E-state index in [1.165, 1.54) is 0 Å². The second-order valence-corrected chi connectivity index (χ2v) is 6.77. The van der Waals surface area contributed by atoms with E-state index < -0.39 is 0 Å². The minimum absolute atomic E-state index is 0.323. The van der Waals surface area contributed by atoms with E-state index in [0.717, 1.165) is 17.8 Å². The van der Waals surface area contributed by atoms with Gasteiger partial charge in [-0.2, -0.15) is 5.10 Å². The summed E-state index contributed by atoms with van der Waals surface area (Å²) in [5.74, 6) is 0.831. The second-order valence-electron chi connectivity index (χ2n) is 6.77. The van der Waals surface area contributed by atoms with Crippen molar-refractivity contribution in [2.45, 2.75) is 45.4 Å². The molecule has 122 valence electrons. The maximum Gasteiger partial charge on any atom is 0.494 e. The van der Waals surface area contributed by atoms with E-state index in [0.29, 0.717) is 6.61 Å². The topological polar surface area (TPSA) is 45.5 Å². The van der Waals surface area contributed by atoms with Crippen molar-refractivity contribution >= 4 is 12.6 Å². The van der Waals surface area contributed by atoms with Gasteiger partial charge in [-0.25, -0.2) is 0 Å². The minimum Gasteiger partial charge on any atom is -0.492 e. The van der Waals surface area contributed by atoms with E-state index in [2.05, 4.69) is 32.8 Å². The molecule has 0 atom stereocenters. The van der Waals surface area contributed by atoms with Gasteiger partial charge in [0.05, 0.1) is 17.7 Å². The predicted octanol–water partition coefficient (Wildman–Crippen LogP) is 2.26. The first kappa shape index (κ1) is 16.1. The van der Waals surface area contributed by atoms with Crippen LogP contribution in [-0.2, 0) is 15.9 Å². The van der Waals surface area contributed by atoms with Crippen molar-refractivity contribution in [2.75, 3.05) is 6.61 Å². The van der Waals surface area contributed by atoms with Crippen molar-refractivity contribution in [3.05, 3.63) is 42.7 Å². The highest BCUT2D eigenvalue weighted by atomic mass is 16.7. The van der Waals surface area contributed by atoms with Gasteiger partial charge in [0.1, 0.15) is 12.4 Å². The molecule has 1 aliphatic rings. The van der Waals surface area contributed by atoms with Gasteiger partial charge >= 0.3 is 7.12 Å². The molecule has 1 aromatic heterocycles. The molecule has 1 saturated heterocycles. The molecule has 1 fully saturated rings. The van der Waals surface area contributed by atoms with Crippen molar-refractivity contribution in [3.63, 3.8) is 0 Å². The van der Waals surface area contributed by atoms with Gasteiger partial charge in [-0.3, -0.25) is 4.68 Å². The van der Waals surface area contributed by atoms with Crippen LogP contribution in [0.15, 0.2) is 42.7 Å². The lowest BCUT2D eigenvalue weighted by Crippen LogP contribution is -2.41. The van der Waals surface area contributed by atoms with Gasteiger partial charge in [0.15, 0.2) is 0 Å². The van der Waals surface area contributed by atoms with E-state index in [1.54, 1.807) is 6.20 Å². The first-order valence-electron chi connectivity index (χ1n) is 7.93. The number of rotatable bonds is 5. The minimum atomic E-state index is -0.335. The summed E-state index contributed by atoms with van der Waals surface area (Å²) in [6.45, 7) is 9.53. The maximum atomic E-state index is 6.05. The normalized spacial score (nSPS) is 19.0. The third-order valence-electron chi connectivity index (χ3n) is 4.55. The summed E-state index contributed by atoms with van der Waals surface area (Å²) in [7, 11) is -0.335. The fourth-order valence-corrected chi connectivity index (χ4v) is 2.39. The number of hydrogen-bond donors (Lipinski definition) is 0. The van der Waals surface area contributed by atoms with Gasteiger partial charge in [-0.1, -0.05) is 12.1 Å². The van der Waals surface area contributed by atoms with Crippen LogP contribution in [0.3, 0.4) is 0 Å². The summed E-state index contributed by atoms with van der Waals surface area (Å²) in [5.41, 5.74) is 0.357. The van der Waals surface area contributed by atoms with Crippen molar-refractivity contribution in [1.29, 1.82) is 0 Å². The summed E-state index contributed by atoms with van der Waals surface area (Å²) in [6, 6.07) is 9.78. The highest BCUT2D eigenvalue weighted by molar-refractivity contribution is 6.62. The van der Waals surface area contributed by atoms with Gasteiger partial charge in [0, 0.05) is 12.4 Å². The number of nitrogens with zero attached hydrogens (tertiary/aromatic N) is 2. The number of benzene rings is 1. The van der Waals surface area contributed by atoms with Crippen LogP contribution < -0.4 is 10.2 Å². The van der Waals surface area contributed by atoms with Crippen LogP contribution in [0.5, 0.6) is 5.75 Å². The first-order valence-corrected chi connectivity index (χ1v) is 7.93. The predicted molar refractivity (Wildman–Crippen MR) is 89.9 cm³/mol. The number of ether oxygens (including phenoxy) is 1. The van der Waals surface area contributed by atoms with Crippen LogP contribution in [0, 0.1) is 0 Å². The fourth-order valence-electron chi connectivity index (χ4n) is 2.39. The molecule has 0 bridgehead atoms. The van der Waals surface area contributed by atoms with Crippen LogP contribution in [-0.4, -0.2) is 34.7 Å². The average molecular weight is 314 g/mol. The Hall–Kier alpha value is -1.79. The van der Waals surface area contributed by atoms with Crippen molar-refractivity contribution in [2.24, 2.45) is 0 Å². The van der Waals surface area contributed by atoms with Crippen LogP contribution in [0.25, 0.3) is 0 Å². The lowest BCUT2D eigenvalue weighted by molar-refractivity contribution is 0.00578. The van der Waals surface area contributed by atoms with Gasteiger partial charge in [-0.15, -0.1) is 0 Å². The third kappa shape index (κ3) is 3.43. The molecule has 0 spiro atoms. The van der Waals surface area contributed by atoms with Crippen molar-refractivity contribution in [1.82, 2.24) is 9.78 Å². The summed E-state index contributed by atoms with van der Waals surface area (Å²) < 4.78 is 19.7. The Morgan fingerprint density at radius 2 is 1.74 bits per heavy atom. The molecule has 2 heterocycles. The van der Waals surface area contributed by atoms with E-state index in [4.69, 9.17) is 14.0 Å². The molecule has 0 N–H and O–H groups in total. The standard InChI is InChI=1S/C17H23BN2O3/c1-16(2)17(3,4)23-18(22-16)14-6-8-15(9-7-14)21-13-12-20-11-5-10-19-20/h5-11H,12-13H2,1-4H3. The van der Waals surface area contributed by atoms with Gasteiger partial charge in [0.25, 0.3) is 0 Å². The maximum absolute atomic E-state index is 6.05. The summed E-state index contributed by atoms with van der Waals surface area (Å²) in [6.07, 6.45) is 3.68. The Kier molecular flexibility index (Phi) is 4.21. The summed E-state index contributed by atoms with van der Waals surface area (Å²) >= 11 is 0. The van der Waals surface area contributed by atoms with Crippen molar-refractivity contribution < 1.29 is 14.0 Å². The van der Waals surface area contributed by atoms with Crippen LogP contribution >= 0.6 is 0 Å². The Labute approximate surface area is 137 Å². The molecule has 0 amide bonds. The smallest absolute Gasteiger partial charge is 0.492 e. The molecular formula is C17H23BN2O3. The van der Waals surface area contributed by atoms with Gasteiger partial charge in [-0.05, 0) is 51.4 Å². The molecule has 2 aromatic rings. The molecule has 23 heavy (non-hydrogen) atoms. The average Bonchev–Trinajstić information content (AvgIpc) is 3.06. The monoisotopic (exact) mass is 314 g/mol. The number of hydrogen-bond acceptors (Lipinski definition) is 4. The van der Waals surface area contributed by atoms with Crippen LogP contribution in [0.4, 0.5) is 0 Å². The molecular weight excluding hydrogens is 291 g/mol. The highest BCUT2D eigenvalue weighted by Gasteiger charge is 2.51. The zero-order chi connectivity index (χ0) is 16.5. The zero-order valence-corrected chi connectivity index (χ0v) is 14.2. The Morgan fingerprint density at radius 1 is 1.09 bits per heavy atom. The SMILES string of the molecule is CC1(C)OB(c2ccc(OCCn3cccn3)cc2)OC1(C)C. The molecule has 1 aliphatic heterocycles. The molecule has 6 heteroatoms. The second kappa shape index (κ2) is 6.02. The van der Waals surface area contributed by atoms with Crippen LogP contribution in [0.1, 0.15) is 27.7 Å². The molecule has 3 rings (SSSR count). The lowest BCUT2D eigenvalue weighted by Gasteiger charge is -2.32. The van der Waals surface area contributed by atoms with Crippen molar-refractivity contribution in [3.8, 4) is 5.75 Å². The molecule has 1 aromatic carbocycles. The lowest BCUT2D eigenvalue weighted by atomic mass is 9.79. The van der Waals surface area contributed by atoms with E-state index >= 15 is 0 Å². The number of aromatic nitrogens is 2. The quantitative estimate of drug-likeness (QED) is 0.794. The largest absolute Gasteiger partial charge is 0.494 e. The van der Waals surface area contributed by atoms with E-state index in [9.17, 15) is 0 Å². The molecule has 0 radical (unpaired) electrons. The fraction of sp³-hybridized carbons (Fsp3) is 0.471.